The second-order valence-electron chi connectivity index (χ2n) is 21.8. The van der Waals surface area contributed by atoms with Gasteiger partial charge in [-0.25, -0.2) is 24.9 Å². The number of methoxy groups -OCH3 is 2. The van der Waals surface area contributed by atoms with Gasteiger partial charge in [0, 0.05) is 108 Å². The first-order valence-corrected chi connectivity index (χ1v) is 29.2. The second kappa shape index (κ2) is 26.4. The number of ether oxygens (including phenoxy) is 5. The van der Waals surface area contributed by atoms with Gasteiger partial charge in [-0.2, -0.15) is 0 Å². The minimum atomic E-state index is -0.175. The fourth-order valence-corrected chi connectivity index (χ4v) is 11.7. The Kier molecular flexibility index (Phi) is 18.5. The molecule has 6 heterocycles. The molecule has 4 N–H and O–H groups in total. The number of hydrogen-bond acceptors (Lipinski definition) is 14. The molecular formula is C68H76N8O7. The highest BCUT2D eigenvalue weighted by Gasteiger charge is 2.41. The van der Waals surface area contributed by atoms with Crippen molar-refractivity contribution in [2.24, 2.45) is 26.8 Å². The van der Waals surface area contributed by atoms with Crippen molar-refractivity contribution in [3.8, 4) is 23.3 Å². The van der Waals surface area contributed by atoms with E-state index in [0.717, 1.165) is 126 Å². The summed E-state index contributed by atoms with van der Waals surface area (Å²) in [6.07, 6.45) is 14.3. The highest BCUT2D eigenvalue weighted by Crippen LogP contribution is 2.47. The van der Waals surface area contributed by atoms with E-state index in [1.54, 1.807) is 14.2 Å². The number of fused-ring (bicyclic) bond motifs is 6. The number of anilines is 2. The van der Waals surface area contributed by atoms with Gasteiger partial charge in [0.05, 0.1) is 59.1 Å². The molecule has 6 aliphatic rings. The van der Waals surface area contributed by atoms with Gasteiger partial charge in [-0.05, 0) is 129 Å². The van der Waals surface area contributed by atoms with Crippen LogP contribution in [0.15, 0.2) is 173 Å². The minimum Gasteiger partial charge on any atom is -0.511 e. The summed E-state index contributed by atoms with van der Waals surface area (Å²) in [4.78, 5) is 38.9. The summed E-state index contributed by atoms with van der Waals surface area (Å²) in [5.74, 6) is 8.56. The van der Waals surface area contributed by atoms with Crippen molar-refractivity contribution in [1.82, 2.24) is 20.6 Å². The number of nitrogens with one attached hydrogen (secondary N) is 3. The Balaban J connectivity index is 0.851. The van der Waals surface area contributed by atoms with E-state index in [2.05, 4.69) is 97.5 Å². The summed E-state index contributed by atoms with van der Waals surface area (Å²) in [5, 5.41) is 23.0. The molecule has 1 fully saturated rings. The van der Waals surface area contributed by atoms with E-state index in [-0.39, 0.29) is 23.8 Å². The van der Waals surface area contributed by atoms with Crippen molar-refractivity contribution < 1.29 is 33.6 Å². The van der Waals surface area contributed by atoms with Crippen LogP contribution in [0.2, 0.25) is 0 Å². The molecule has 15 nitrogen and oxygen atoms in total. The third-order valence-corrected chi connectivity index (χ3v) is 16.2. The zero-order chi connectivity index (χ0) is 58.1. The zero-order valence-electron chi connectivity index (χ0n) is 49.3. The normalized spacial score (nSPS) is 18.4. The number of carbonyl (C=O) groups is 1. The Morgan fingerprint density at radius 3 is 2.30 bits per heavy atom. The number of rotatable bonds is 23. The number of amides is 1. The molecule has 430 valence electrons. The summed E-state index contributed by atoms with van der Waals surface area (Å²) >= 11 is 0. The molecular weight excluding hydrogens is 1040 g/mol. The van der Waals surface area contributed by atoms with Crippen LogP contribution in [0.5, 0.6) is 11.5 Å². The maximum absolute atomic E-state index is 13.9. The predicted octanol–water partition coefficient (Wildman–Crippen LogP) is 12.9. The molecule has 3 aromatic carbocycles. The Morgan fingerprint density at radius 2 is 1.54 bits per heavy atom. The molecule has 1 saturated heterocycles. The van der Waals surface area contributed by atoms with Crippen LogP contribution in [0.4, 0.5) is 11.5 Å². The van der Waals surface area contributed by atoms with E-state index in [1.165, 1.54) is 24.7 Å². The highest BCUT2D eigenvalue weighted by molar-refractivity contribution is 6.21. The largest absolute Gasteiger partial charge is 0.511 e. The van der Waals surface area contributed by atoms with Gasteiger partial charge in [-0.1, -0.05) is 70.1 Å². The summed E-state index contributed by atoms with van der Waals surface area (Å²) in [6.45, 7) is 17.7. The van der Waals surface area contributed by atoms with Gasteiger partial charge in [0.2, 0.25) is 5.91 Å². The second-order valence-corrected chi connectivity index (χ2v) is 21.8. The van der Waals surface area contributed by atoms with Crippen molar-refractivity contribution >= 4 is 45.5 Å². The first kappa shape index (κ1) is 58.1. The molecule has 8 bridgehead atoms. The van der Waals surface area contributed by atoms with Crippen molar-refractivity contribution in [1.29, 1.82) is 0 Å². The number of benzene rings is 3. The maximum atomic E-state index is 13.9. The quantitative estimate of drug-likeness (QED) is 0.0410. The Morgan fingerprint density at radius 1 is 0.807 bits per heavy atom. The minimum absolute atomic E-state index is 0.000764. The molecule has 1 aliphatic carbocycles. The van der Waals surface area contributed by atoms with E-state index in [4.69, 9.17) is 38.7 Å². The highest BCUT2D eigenvalue weighted by atomic mass is 16.5. The SMILES string of the molecule is CCCCCCOC(C)C1=C(C)C2=NC1=CC1=NC(=CC3=C(C)C4=C(O)CC(=C5NC(=C2)[C@@H](C)[C@@H]5CCC(=O)NCc2cccc(C#Cc5cccc(Nc6ncnc7cc(OCCOC)c(OCCOC)cc67)c5)c2)C4=N3)C(CC)=C1C. The molecule has 0 radical (unpaired) electrons. The lowest BCUT2D eigenvalue weighted by Gasteiger charge is -2.18. The van der Waals surface area contributed by atoms with E-state index in [0.29, 0.717) is 87.4 Å². The van der Waals surface area contributed by atoms with Gasteiger partial charge in [0.1, 0.15) is 31.1 Å². The molecule has 1 aromatic heterocycles. The fourth-order valence-electron chi connectivity index (χ4n) is 11.7. The number of aliphatic hydroxyl groups is 1. The fraction of sp³-hybridized carbons (Fsp3) is 0.382. The summed E-state index contributed by atoms with van der Waals surface area (Å²) < 4.78 is 29.0. The number of carbonyl (C=O) groups excluding carboxylic acids is 1. The topological polar surface area (TPSA) is 182 Å². The van der Waals surface area contributed by atoms with Gasteiger partial charge >= 0.3 is 0 Å². The summed E-state index contributed by atoms with van der Waals surface area (Å²) in [5.41, 5.74) is 18.3. The predicted molar refractivity (Wildman–Crippen MR) is 329 cm³/mol. The molecule has 1 amide bonds. The third kappa shape index (κ3) is 12.9. The molecule has 3 atom stereocenters. The maximum Gasteiger partial charge on any atom is 0.220 e. The molecule has 0 saturated carbocycles. The van der Waals surface area contributed by atoms with Crippen LogP contribution in [0.1, 0.15) is 117 Å². The van der Waals surface area contributed by atoms with Crippen LogP contribution >= 0.6 is 0 Å². The Bertz CT molecular complexity index is 3650. The molecule has 1 unspecified atom stereocenters. The van der Waals surface area contributed by atoms with Crippen molar-refractivity contribution in [2.45, 2.75) is 112 Å². The molecule has 5 aliphatic heterocycles. The lowest BCUT2D eigenvalue weighted by atomic mass is 9.86. The van der Waals surface area contributed by atoms with Crippen LogP contribution in [0.25, 0.3) is 10.9 Å². The van der Waals surface area contributed by atoms with Crippen LogP contribution in [0, 0.1) is 23.7 Å². The summed E-state index contributed by atoms with van der Waals surface area (Å²) in [6, 6.07) is 19.5. The zero-order valence-corrected chi connectivity index (χ0v) is 49.3. The van der Waals surface area contributed by atoms with E-state index < -0.39 is 0 Å². The van der Waals surface area contributed by atoms with Gasteiger partial charge in [0.25, 0.3) is 0 Å². The first-order chi connectivity index (χ1) is 40.3. The standard InChI is InChI=1S/C68H76N8O7/c1-10-12-13-14-25-81-44(7)64-42(5)55-34-54-41(4)50(66(75-54)52-32-60(77)65-43(6)56(76-67(52)65)35-58-49(11-2)40(3)53(73-58)36-59(64)74-55)23-24-63(78)69-38-47-19-15-17-45(30-47)21-22-46-18-16-20-48(31-46)72-68-51-33-61(82-28-26-79-8)62(83-29-27-80-9)37-57(51)70-39-71-68/h15-20,30-31,33-37,39,41,44,50,75,77H,10-14,23-29,32,38H2,1-9H3,(H,69,78)(H,70,71,72)/t41-,44?,50-/m0/s1. The van der Waals surface area contributed by atoms with Crippen LogP contribution in [0.3, 0.4) is 0 Å². The Labute approximate surface area is 487 Å². The summed E-state index contributed by atoms with van der Waals surface area (Å²) in [7, 11) is 3.26. The van der Waals surface area contributed by atoms with E-state index >= 15 is 0 Å². The third-order valence-electron chi connectivity index (χ3n) is 16.2. The lowest BCUT2D eigenvalue weighted by molar-refractivity contribution is -0.121. The van der Waals surface area contributed by atoms with E-state index in [9.17, 15) is 9.90 Å². The first-order valence-electron chi connectivity index (χ1n) is 29.2. The van der Waals surface area contributed by atoms with Gasteiger partial charge < -0.3 is 44.7 Å². The van der Waals surface area contributed by atoms with E-state index in [1.807, 2.05) is 67.6 Å². The number of unbranched alkanes of at least 4 members (excludes halogenated alkanes) is 3. The van der Waals surface area contributed by atoms with Crippen LogP contribution in [-0.2, 0) is 25.5 Å². The average molecular weight is 1120 g/mol. The smallest absolute Gasteiger partial charge is 0.220 e. The molecule has 15 heteroatoms. The number of aliphatic hydroxyl groups excluding tert-OH is 1. The number of aromatic nitrogens is 2. The number of hydrogen-bond donors (Lipinski definition) is 4. The molecule has 4 aromatic rings. The molecule has 10 rings (SSSR count). The number of aliphatic imine (C=N–C) groups is 3. The molecule has 0 spiro atoms. The average Bonchev–Trinajstić information content (AvgIpc) is 4.33. The van der Waals surface area contributed by atoms with Crippen LogP contribution in [-0.4, -0.2) is 91.5 Å². The van der Waals surface area contributed by atoms with Crippen LogP contribution < -0.4 is 25.4 Å². The van der Waals surface area contributed by atoms with Gasteiger partial charge in [0.15, 0.2) is 11.5 Å². The molecule has 83 heavy (non-hydrogen) atoms. The monoisotopic (exact) mass is 1120 g/mol. The van der Waals surface area contributed by atoms with Crippen molar-refractivity contribution in [2.75, 3.05) is 52.6 Å². The Hall–Kier alpha value is -8.16. The lowest BCUT2D eigenvalue weighted by Crippen LogP contribution is -2.24. The number of nitrogens with zero attached hydrogens (tertiary/aromatic N) is 5. The van der Waals surface area contributed by atoms with Gasteiger partial charge in [-0.3, -0.25) is 4.79 Å². The number of allylic oxidation sites excluding steroid dienone is 11. The van der Waals surface area contributed by atoms with Gasteiger partial charge in [-0.15, -0.1) is 0 Å². The van der Waals surface area contributed by atoms with Crippen molar-refractivity contribution in [3.05, 3.63) is 175 Å². The van der Waals surface area contributed by atoms with Crippen molar-refractivity contribution in [3.63, 3.8) is 0 Å².